The average Bonchev–Trinajstić information content (AvgIpc) is 2.88. The Kier molecular flexibility index (Phi) is 3.47. The Balaban J connectivity index is 2.11. The molecule has 2 rings (SSSR count). The number of amides is 1. The maximum Gasteiger partial charge on any atom is 0.255 e. The third kappa shape index (κ3) is 2.42. The van der Waals surface area contributed by atoms with Gasteiger partial charge in [-0.1, -0.05) is 6.07 Å². The molecule has 0 aliphatic carbocycles. The second kappa shape index (κ2) is 5.22. The van der Waals surface area contributed by atoms with Crippen molar-refractivity contribution in [1.29, 1.82) is 0 Å². The molecule has 0 unspecified atom stereocenters. The van der Waals surface area contributed by atoms with Gasteiger partial charge < -0.3 is 20.8 Å². The van der Waals surface area contributed by atoms with Crippen molar-refractivity contribution in [1.82, 2.24) is 15.3 Å². The number of H-pyrrole nitrogens is 1. The van der Waals surface area contributed by atoms with Crippen LogP contribution in [-0.2, 0) is 6.54 Å². The number of nitrogen functional groups attached to an aromatic ring is 1. The first-order valence-corrected chi connectivity index (χ1v) is 5.41. The van der Waals surface area contributed by atoms with Crippen LogP contribution in [-0.4, -0.2) is 23.0 Å². The Bertz CT molecular complexity index is 537. The third-order valence-corrected chi connectivity index (χ3v) is 2.47. The van der Waals surface area contributed by atoms with Crippen LogP contribution in [0.2, 0.25) is 0 Å². The van der Waals surface area contributed by atoms with Gasteiger partial charge in [-0.3, -0.25) is 4.79 Å². The largest absolute Gasteiger partial charge is 0.494 e. The van der Waals surface area contributed by atoms with E-state index in [1.165, 1.54) is 7.11 Å². The van der Waals surface area contributed by atoms with E-state index in [0.29, 0.717) is 29.4 Å². The zero-order chi connectivity index (χ0) is 13.0. The minimum absolute atomic E-state index is 0.254. The molecule has 4 N–H and O–H groups in total. The van der Waals surface area contributed by atoms with E-state index in [4.69, 9.17) is 10.5 Å². The third-order valence-electron chi connectivity index (χ3n) is 2.47. The van der Waals surface area contributed by atoms with Crippen molar-refractivity contribution in [2.24, 2.45) is 0 Å². The minimum Gasteiger partial charge on any atom is -0.494 e. The first-order valence-electron chi connectivity index (χ1n) is 5.41. The van der Waals surface area contributed by atoms with Gasteiger partial charge in [0.1, 0.15) is 5.82 Å². The zero-order valence-corrected chi connectivity index (χ0v) is 9.93. The van der Waals surface area contributed by atoms with Gasteiger partial charge in [0.05, 0.1) is 24.9 Å². The van der Waals surface area contributed by atoms with Crippen LogP contribution < -0.4 is 15.8 Å². The van der Waals surface area contributed by atoms with E-state index < -0.39 is 0 Å². The molecule has 6 nitrogen and oxygen atoms in total. The number of carbonyl (C=O) groups is 1. The molecule has 0 saturated carbocycles. The van der Waals surface area contributed by atoms with Crippen molar-refractivity contribution in [3.8, 4) is 5.75 Å². The van der Waals surface area contributed by atoms with E-state index in [1.807, 2.05) is 0 Å². The van der Waals surface area contributed by atoms with Crippen LogP contribution in [0.1, 0.15) is 16.2 Å². The molecule has 0 spiro atoms. The van der Waals surface area contributed by atoms with Gasteiger partial charge in [-0.25, -0.2) is 4.98 Å². The molecule has 0 fully saturated rings. The lowest BCUT2D eigenvalue weighted by Crippen LogP contribution is -2.24. The summed E-state index contributed by atoms with van der Waals surface area (Å²) >= 11 is 0. The standard InChI is InChI=1S/C12H14N4O2/c1-18-11-8(3-2-4-9(11)13)12(17)16-7-10-14-5-6-15-10/h2-6H,7,13H2,1H3,(H,14,15)(H,16,17). The molecular formula is C12H14N4O2. The van der Waals surface area contributed by atoms with E-state index in [1.54, 1.807) is 30.6 Å². The Labute approximate surface area is 104 Å². The zero-order valence-electron chi connectivity index (χ0n) is 9.93. The lowest BCUT2D eigenvalue weighted by atomic mass is 10.1. The summed E-state index contributed by atoms with van der Waals surface area (Å²) in [5.41, 5.74) is 6.58. The topological polar surface area (TPSA) is 93.0 Å². The van der Waals surface area contributed by atoms with Crippen molar-refractivity contribution in [2.45, 2.75) is 6.54 Å². The van der Waals surface area contributed by atoms with Gasteiger partial charge in [0.15, 0.2) is 5.75 Å². The van der Waals surface area contributed by atoms with Crippen LogP contribution >= 0.6 is 0 Å². The number of hydrogen-bond acceptors (Lipinski definition) is 4. The molecular weight excluding hydrogens is 232 g/mol. The SMILES string of the molecule is COc1c(N)cccc1C(=O)NCc1ncc[nH]1. The number of nitrogens with zero attached hydrogens (tertiary/aromatic N) is 1. The summed E-state index contributed by atoms with van der Waals surface area (Å²) in [5, 5.41) is 2.74. The molecule has 2 aromatic rings. The van der Waals surface area contributed by atoms with Gasteiger partial charge in [0.25, 0.3) is 5.91 Å². The maximum absolute atomic E-state index is 12.0. The number of carbonyl (C=O) groups excluding carboxylic acids is 1. The lowest BCUT2D eigenvalue weighted by molar-refractivity contribution is 0.0947. The highest BCUT2D eigenvalue weighted by Gasteiger charge is 2.14. The molecule has 18 heavy (non-hydrogen) atoms. The molecule has 1 aromatic heterocycles. The predicted molar refractivity (Wildman–Crippen MR) is 67.2 cm³/mol. The first-order chi connectivity index (χ1) is 8.72. The van der Waals surface area contributed by atoms with Gasteiger partial charge in [-0.05, 0) is 12.1 Å². The predicted octanol–water partition coefficient (Wildman–Crippen LogP) is 0.931. The van der Waals surface area contributed by atoms with E-state index in [0.717, 1.165) is 0 Å². The quantitative estimate of drug-likeness (QED) is 0.700. The van der Waals surface area contributed by atoms with Crippen molar-refractivity contribution in [3.63, 3.8) is 0 Å². The van der Waals surface area contributed by atoms with Gasteiger partial charge in [-0.2, -0.15) is 0 Å². The number of methoxy groups -OCH3 is 1. The molecule has 1 heterocycles. The van der Waals surface area contributed by atoms with Crippen molar-refractivity contribution in [2.75, 3.05) is 12.8 Å². The molecule has 0 saturated heterocycles. The van der Waals surface area contributed by atoms with Crippen LogP contribution in [0.5, 0.6) is 5.75 Å². The number of aromatic amines is 1. The lowest BCUT2D eigenvalue weighted by Gasteiger charge is -2.10. The van der Waals surface area contributed by atoms with E-state index in [9.17, 15) is 4.79 Å². The van der Waals surface area contributed by atoms with Crippen molar-refractivity contribution < 1.29 is 9.53 Å². The number of ether oxygens (including phenoxy) is 1. The number of anilines is 1. The number of imidazole rings is 1. The Morgan fingerprint density at radius 2 is 2.39 bits per heavy atom. The summed E-state index contributed by atoms with van der Waals surface area (Å²) in [5.74, 6) is 0.816. The fourth-order valence-corrected chi connectivity index (χ4v) is 1.62. The highest BCUT2D eigenvalue weighted by Crippen LogP contribution is 2.25. The highest BCUT2D eigenvalue weighted by molar-refractivity contribution is 5.98. The molecule has 0 bridgehead atoms. The summed E-state index contributed by atoms with van der Waals surface area (Å²) in [6.45, 7) is 0.323. The highest BCUT2D eigenvalue weighted by atomic mass is 16.5. The summed E-state index contributed by atoms with van der Waals surface area (Å²) in [6.07, 6.45) is 3.32. The maximum atomic E-state index is 12.0. The number of rotatable bonds is 4. The van der Waals surface area contributed by atoms with Gasteiger partial charge in [0.2, 0.25) is 0 Å². The van der Waals surface area contributed by atoms with E-state index in [-0.39, 0.29) is 5.91 Å². The smallest absolute Gasteiger partial charge is 0.255 e. The summed E-state index contributed by atoms with van der Waals surface area (Å²) in [4.78, 5) is 18.9. The Hall–Kier alpha value is -2.50. The fraction of sp³-hybridized carbons (Fsp3) is 0.167. The van der Waals surface area contributed by atoms with Crippen LogP contribution in [0.3, 0.4) is 0 Å². The normalized spacial score (nSPS) is 10.1. The van der Waals surface area contributed by atoms with E-state index >= 15 is 0 Å². The number of nitrogens with two attached hydrogens (primary N) is 1. The fourth-order valence-electron chi connectivity index (χ4n) is 1.62. The van der Waals surface area contributed by atoms with Crippen LogP contribution in [0.25, 0.3) is 0 Å². The average molecular weight is 246 g/mol. The molecule has 0 atom stereocenters. The van der Waals surface area contributed by atoms with Crippen LogP contribution in [0, 0.1) is 0 Å². The number of hydrogen-bond donors (Lipinski definition) is 3. The summed E-state index contributed by atoms with van der Waals surface area (Å²) < 4.78 is 5.13. The molecule has 0 radical (unpaired) electrons. The van der Waals surface area contributed by atoms with E-state index in [2.05, 4.69) is 15.3 Å². The van der Waals surface area contributed by atoms with Crippen molar-refractivity contribution >= 4 is 11.6 Å². The summed E-state index contributed by atoms with van der Waals surface area (Å²) in [7, 11) is 1.48. The summed E-state index contributed by atoms with van der Waals surface area (Å²) in [6, 6.07) is 5.05. The molecule has 0 aliphatic rings. The molecule has 94 valence electrons. The van der Waals surface area contributed by atoms with Crippen LogP contribution in [0.4, 0.5) is 5.69 Å². The van der Waals surface area contributed by atoms with Gasteiger partial charge in [-0.15, -0.1) is 0 Å². The Morgan fingerprint density at radius 3 is 3.06 bits per heavy atom. The van der Waals surface area contributed by atoms with Gasteiger partial charge >= 0.3 is 0 Å². The second-order valence-corrected chi connectivity index (χ2v) is 3.65. The number of para-hydroxylation sites is 1. The second-order valence-electron chi connectivity index (χ2n) is 3.65. The number of aromatic nitrogens is 2. The monoisotopic (exact) mass is 246 g/mol. The van der Waals surface area contributed by atoms with Gasteiger partial charge in [0, 0.05) is 12.4 Å². The first kappa shape index (κ1) is 12.0. The molecule has 6 heteroatoms. The number of benzene rings is 1. The molecule has 0 aliphatic heterocycles. The molecule has 1 amide bonds. The van der Waals surface area contributed by atoms with Crippen LogP contribution in [0.15, 0.2) is 30.6 Å². The van der Waals surface area contributed by atoms with Crippen molar-refractivity contribution in [3.05, 3.63) is 42.0 Å². The minimum atomic E-state index is -0.254. The number of nitrogens with one attached hydrogen (secondary N) is 2. The Morgan fingerprint density at radius 1 is 1.56 bits per heavy atom. The molecule has 1 aromatic carbocycles.